The Balaban J connectivity index is 2.45. The summed E-state index contributed by atoms with van der Waals surface area (Å²) in [6.07, 6.45) is 1.37. The predicted octanol–water partition coefficient (Wildman–Crippen LogP) is 1.68. The molecule has 8 nitrogen and oxygen atoms in total. The molecule has 0 aliphatic carbocycles. The maximum atomic E-state index is 12.3. The minimum atomic E-state index is -3.97. The standard InChI is InChI=1S/C12H12N4O4S/c1-8-9(4-2-5-10(8)16(17)18)15-21(19,20)11-6-3-7-14-12(11)13/h2-7,15H,1H3,(H2,13,14). The van der Waals surface area contributed by atoms with Crippen LogP contribution < -0.4 is 10.5 Å². The second-order valence-corrected chi connectivity index (χ2v) is 5.85. The maximum Gasteiger partial charge on any atom is 0.274 e. The zero-order valence-electron chi connectivity index (χ0n) is 11.0. The Morgan fingerprint density at radius 3 is 2.62 bits per heavy atom. The number of nitrogens with two attached hydrogens (primary N) is 1. The fourth-order valence-electron chi connectivity index (χ4n) is 1.76. The summed E-state index contributed by atoms with van der Waals surface area (Å²) in [4.78, 5) is 13.8. The molecule has 0 fully saturated rings. The van der Waals surface area contributed by atoms with E-state index in [2.05, 4.69) is 9.71 Å². The smallest absolute Gasteiger partial charge is 0.274 e. The molecule has 0 aliphatic heterocycles. The van der Waals surface area contributed by atoms with Crippen LogP contribution in [-0.4, -0.2) is 18.3 Å². The highest BCUT2D eigenvalue weighted by atomic mass is 32.2. The zero-order valence-corrected chi connectivity index (χ0v) is 11.8. The molecule has 0 aliphatic rings. The van der Waals surface area contributed by atoms with Crippen molar-refractivity contribution >= 4 is 27.2 Å². The number of nitro groups is 1. The molecule has 0 atom stereocenters. The van der Waals surface area contributed by atoms with Crippen LogP contribution >= 0.6 is 0 Å². The summed E-state index contributed by atoms with van der Waals surface area (Å²) < 4.78 is 26.8. The van der Waals surface area contributed by atoms with Crippen molar-refractivity contribution in [3.8, 4) is 0 Å². The molecule has 3 N–H and O–H groups in total. The van der Waals surface area contributed by atoms with E-state index in [9.17, 15) is 18.5 Å². The third-order valence-electron chi connectivity index (χ3n) is 2.84. The topological polar surface area (TPSA) is 128 Å². The van der Waals surface area contributed by atoms with E-state index in [4.69, 9.17) is 5.73 Å². The van der Waals surface area contributed by atoms with E-state index >= 15 is 0 Å². The van der Waals surface area contributed by atoms with Gasteiger partial charge >= 0.3 is 0 Å². The summed E-state index contributed by atoms with van der Waals surface area (Å²) in [6.45, 7) is 1.46. The number of hydrogen-bond acceptors (Lipinski definition) is 6. The van der Waals surface area contributed by atoms with Crippen LogP contribution in [0.25, 0.3) is 0 Å². The normalized spacial score (nSPS) is 11.1. The van der Waals surface area contributed by atoms with Crippen LogP contribution in [0.4, 0.5) is 17.2 Å². The van der Waals surface area contributed by atoms with Crippen LogP contribution in [0.2, 0.25) is 0 Å². The van der Waals surface area contributed by atoms with Gasteiger partial charge in [-0.2, -0.15) is 0 Å². The van der Waals surface area contributed by atoms with E-state index in [0.29, 0.717) is 0 Å². The molecule has 1 aromatic heterocycles. The van der Waals surface area contributed by atoms with Crippen LogP contribution in [0.15, 0.2) is 41.4 Å². The number of sulfonamides is 1. The van der Waals surface area contributed by atoms with Gasteiger partial charge < -0.3 is 5.73 Å². The number of hydrogen-bond donors (Lipinski definition) is 2. The molecule has 0 unspecified atom stereocenters. The molecule has 2 aromatic rings. The first kappa shape index (κ1) is 14.7. The Hall–Kier alpha value is -2.68. The van der Waals surface area contributed by atoms with E-state index < -0.39 is 14.9 Å². The first-order valence-corrected chi connectivity index (χ1v) is 7.28. The average Bonchev–Trinajstić information content (AvgIpc) is 2.41. The van der Waals surface area contributed by atoms with E-state index in [1.165, 1.54) is 43.5 Å². The Labute approximate surface area is 120 Å². The molecule has 1 heterocycles. The van der Waals surface area contributed by atoms with Crippen molar-refractivity contribution in [2.45, 2.75) is 11.8 Å². The fourth-order valence-corrected chi connectivity index (χ4v) is 2.97. The van der Waals surface area contributed by atoms with Gasteiger partial charge in [0.25, 0.3) is 15.7 Å². The Bertz CT molecular complexity index is 805. The summed E-state index contributed by atoms with van der Waals surface area (Å²) in [5, 5.41) is 10.9. The minimum absolute atomic E-state index is 0.118. The number of anilines is 2. The van der Waals surface area contributed by atoms with Gasteiger partial charge in [0.15, 0.2) is 0 Å². The van der Waals surface area contributed by atoms with E-state index in [-0.39, 0.29) is 27.7 Å². The fraction of sp³-hybridized carbons (Fsp3) is 0.0833. The number of nitrogens with one attached hydrogen (secondary N) is 1. The summed E-state index contributed by atoms with van der Waals surface area (Å²) in [5.41, 5.74) is 5.70. The lowest BCUT2D eigenvalue weighted by Crippen LogP contribution is -2.16. The van der Waals surface area contributed by atoms with Crippen molar-refractivity contribution in [2.75, 3.05) is 10.5 Å². The van der Waals surface area contributed by atoms with Gasteiger partial charge in [-0.05, 0) is 25.1 Å². The van der Waals surface area contributed by atoms with E-state index in [1.807, 2.05) is 0 Å². The van der Waals surface area contributed by atoms with Crippen molar-refractivity contribution in [1.29, 1.82) is 0 Å². The largest absolute Gasteiger partial charge is 0.383 e. The van der Waals surface area contributed by atoms with Crippen LogP contribution in [0, 0.1) is 17.0 Å². The number of benzene rings is 1. The number of nitrogens with zero attached hydrogens (tertiary/aromatic N) is 2. The van der Waals surface area contributed by atoms with Gasteiger partial charge in [-0.3, -0.25) is 14.8 Å². The lowest BCUT2D eigenvalue weighted by atomic mass is 10.2. The minimum Gasteiger partial charge on any atom is -0.383 e. The SMILES string of the molecule is Cc1c(NS(=O)(=O)c2cccnc2N)cccc1[N+](=O)[O-]. The van der Waals surface area contributed by atoms with Crippen molar-refractivity contribution in [3.05, 3.63) is 52.2 Å². The molecule has 0 spiro atoms. The van der Waals surface area contributed by atoms with Crippen LogP contribution in [0.1, 0.15) is 5.56 Å². The van der Waals surface area contributed by atoms with Crippen molar-refractivity contribution < 1.29 is 13.3 Å². The Morgan fingerprint density at radius 1 is 1.29 bits per heavy atom. The van der Waals surface area contributed by atoms with Crippen LogP contribution in [0.5, 0.6) is 0 Å². The second kappa shape index (κ2) is 5.37. The first-order valence-electron chi connectivity index (χ1n) is 5.80. The molecular formula is C12H12N4O4S. The van der Waals surface area contributed by atoms with E-state index in [1.54, 1.807) is 0 Å². The molecule has 21 heavy (non-hydrogen) atoms. The highest BCUT2D eigenvalue weighted by Crippen LogP contribution is 2.27. The first-order chi connectivity index (χ1) is 9.83. The van der Waals surface area contributed by atoms with Gasteiger partial charge in [-0.1, -0.05) is 6.07 Å². The Kier molecular flexibility index (Phi) is 3.76. The van der Waals surface area contributed by atoms with Crippen molar-refractivity contribution in [2.24, 2.45) is 0 Å². The molecule has 2 rings (SSSR count). The van der Waals surface area contributed by atoms with Crippen molar-refractivity contribution in [3.63, 3.8) is 0 Å². The molecule has 9 heteroatoms. The lowest BCUT2D eigenvalue weighted by Gasteiger charge is -2.11. The highest BCUT2D eigenvalue weighted by molar-refractivity contribution is 7.92. The molecule has 0 saturated heterocycles. The molecule has 0 amide bonds. The third-order valence-corrected chi connectivity index (χ3v) is 4.25. The van der Waals surface area contributed by atoms with Gasteiger partial charge in [0.1, 0.15) is 10.7 Å². The van der Waals surface area contributed by atoms with Crippen LogP contribution in [-0.2, 0) is 10.0 Å². The third kappa shape index (κ3) is 2.92. The monoisotopic (exact) mass is 308 g/mol. The number of pyridine rings is 1. The van der Waals surface area contributed by atoms with Crippen LogP contribution in [0.3, 0.4) is 0 Å². The van der Waals surface area contributed by atoms with Gasteiger partial charge in [-0.25, -0.2) is 13.4 Å². The summed E-state index contributed by atoms with van der Waals surface area (Å²) >= 11 is 0. The quantitative estimate of drug-likeness (QED) is 0.653. The molecule has 0 saturated carbocycles. The molecule has 110 valence electrons. The molecule has 0 bridgehead atoms. The maximum absolute atomic E-state index is 12.3. The summed E-state index contributed by atoms with van der Waals surface area (Å²) in [6, 6.07) is 6.87. The molecule has 0 radical (unpaired) electrons. The molecule has 1 aromatic carbocycles. The number of rotatable bonds is 4. The number of nitro benzene ring substituents is 1. The molecular weight excluding hydrogens is 296 g/mol. The number of aromatic nitrogens is 1. The zero-order chi connectivity index (χ0) is 15.6. The summed E-state index contributed by atoms with van der Waals surface area (Å²) in [7, 11) is -3.97. The van der Waals surface area contributed by atoms with Gasteiger partial charge in [0.2, 0.25) is 0 Å². The Morgan fingerprint density at radius 2 is 2.00 bits per heavy atom. The predicted molar refractivity (Wildman–Crippen MR) is 77.3 cm³/mol. The van der Waals surface area contributed by atoms with Gasteiger partial charge in [-0.15, -0.1) is 0 Å². The van der Waals surface area contributed by atoms with Gasteiger partial charge in [0.05, 0.1) is 16.2 Å². The van der Waals surface area contributed by atoms with E-state index in [0.717, 1.165) is 0 Å². The summed E-state index contributed by atoms with van der Waals surface area (Å²) in [5.74, 6) is -0.145. The van der Waals surface area contributed by atoms with Crippen molar-refractivity contribution in [1.82, 2.24) is 4.98 Å². The average molecular weight is 308 g/mol. The lowest BCUT2D eigenvalue weighted by molar-refractivity contribution is -0.385. The second-order valence-electron chi connectivity index (χ2n) is 4.20. The highest BCUT2D eigenvalue weighted by Gasteiger charge is 2.21. The van der Waals surface area contributed by atoms with Gasteiger partial charge in [0, 0.05) is 12.3 Å². The number of nitrogen functional groups attached to an aromatic ring is 1.